The zero-order valence-electron chi connectivity index (χ0n) is 5.48. The van der Waals surface area contributed by atoms with E-state index in [1.54, 1.807) is 0 Å². The summed E-state index contributed by atoms with van der Waals surface area (Å²) in [5, 5.41) is 5.95. The Kier molecular flexibility index (Phi) is 4.22. The molecule has 0 amide bonds. The second-order valence-corrected chi connectivity index (χ2v) is 2.58. The zero-order chi connectivity index (χ0) is 6.57. The van der Waals surface area contributed by atoms with Crippen molar-refractivity contribution in [1.29, 1.82) is 0 Å². The highest BCUT2D eigenvalue weighted by Gasteiger charge is 1.84. The van der Waals surface area contributed by atoms with E-state index < -0.39 is 0 Å². The van der Waals surface area contributed by atoms with Crippen LogP contribution in [0.3, 0.4) is 0 Å². The lowest BCUT2D eigenvalue weighted by Gasteiger charge is -2.03. The molecule has 0 bridgehead atoms. The Labute approximate surface area is 64.1 Å². The number of nitrogens with zero attached hydrogens (tertiary/aromatic N) is 2. The molecule has 0 spiro atoms. The second-order valence-electron chi connectivity index (χ2n) is 1.82. The van der Waals surface area contributed by atoms with Gasteiger partial charge >= 0.3 is 0 Å². The maximum atomic E-state index is 4.14. The van der Waals surface area contributed by atoms with Crippen molar-refractivity contribution >= 4 is 28.3 Å². The third-order valence-electron chi connectivity index (χ3n) is 0.564. The molecule has 0 radical (unpaired) electrons. The predicted molar refractivity (Wildman–Crippen MR) is 45.7 cm³/mol. The average molecular weight is 226 g/mol. The molecule has 0 rings (SSSR count). The Hall–Kier alpha value is 0.200. The van der Waals surface area contributed by atoms with Crippen LogP contribution in [-0.2, 0) is 0 Å². The Morgan fingerprint density at radius 1 is 1.62 bits per heavy atom. The van der Waals surface area contributed by atoms with Gasteiger partial charge in [-0.3, -0.25) is 0 Å². The lowest BCUT2D eigenvalue weighted by atomic mass is 10.5. The molecule has 3 heteroatoms. The average Bonchev–Trinajstić information content (AvgIpc) is 1.65. The highest BCUT2D eigenvalue weighted by molar-refractivity contribution is 14.1. The van der Waals surface area contributed by atoms with Crippen LogP contribution in [-0.4, -0.2) is 29.2 Å². The van der Waals surface area contributed by atoms with E-state index in [0.29, 0.717) is 0 Å². The fourth-order valence-corrected chi connectivity index (χ4v) is 0.521. The summed E-state index contributed by atoms with van der Waals surface area (Å²) in [5.74, 6) is 0. The molecule has 0 atom stereocenters. The van der Waals surface area contributed by atoms with Crippen LogP contribution in [0.2, 0.25) is 0 Å². The van der Waals surface area contributed by atoms with Gasteiger partial charge in [0.2, 0.25) is 0 Å². The zero-order valence-corrected chi connectivity index (χ0v) is 7.64. The minimum Gasteiger partial charge on any atom is -0.303 e. The molecule has 0 unspecified atom stereocenters. The Bertz CT molecular complexity index is 88.4. The van der Waals surface area contributed by atoms with Gasteiger partial charge in [0.05, 0.1) is 0 Å². The first-order valence-corrected chi connectivity index (χ1v) is 3.96. The third-order valence-corrected chi connectivity index (χ3v) is 1.67. The fourth-order valence-electron chi connectivity index (χ4n) is 0.368. The monoisotopic (exact) mass is 226 g/mol. The van der Waals surface area contributed by atoms with Crippen molar-refractivity contribution in [2.45, 2.75) is 6.92 Å². The molecule has 48 valence electrons. The van der Waals surface area contributed by atoms with E-state index in [-0.39, 0.29) is 0 Å². The molecule has 0 aromatic rings. The minimum absolute atomic E-state index is 1.01. The van der Waals surface area contributed by atoms with Gasteiger partial charge in [-0.1, -0.05) is 22.6 Å². The second kappa shape index (κ2) is 4.12. The lowest BCUT2D eigenvalue weighted by molar-refractivity contribution is 0.437. The first-order valence-electron chi connectivity index (χ1n) is 2.44. The highest BCUT2D eigenvalue weighted by atomic mass is 127. The van der Waals surface area contributed by atoms with Crippen LogP contribution in [0.15, 0.2) is 5.10 Å². The molecule has 0 aromatic heterocycles. The van der Waals surface area contributed by atoms with Gasteiger partial charge in [0.25, 0.3) is 0 Å². The van der Waals surface area contributed by atoms with E-state index in [1.807, 2.05) is 26.0 Å². The van der Waals surface area contributed by atoms with Gasteiger partial charge in [0.15, 0.2) is 0 Å². The SMILES string of the molecule is C/C(CI)=N\N(C)C. The van der Waals surface area contributed by atoms with Crippen molar-refractivity contribution in [3.05, 3.63) is 0 Å². The molecule has 0 aromatic carbocycles. The summed E-state index contributed by atoms with van der Waals surface area (Å²) in [6.07, 6.45) is 0. The van der Waals surface area contributed by atoms with Gasteiger partial charge in [-0.05, 0) is 6.92 Å². The molecule has 2 nitrogen and oxygen atoms in total. The fraction of sp³-hybridized carbons (Fsp3) is 0.800. The number of halogens is 1. The Morgan fingerprint density at radius 3 is 2.25 bits per heavy atom. The van der Waals surface area contributed by atoms with Crippen LogP contribution in [0.25, 0.3) is 0 Å². The van der Waals surface area contributed by atoms with Crippen molar-refractivity contribution in [1.82, 2.24) is 5.01 Å². The summed E-state index contributed by atoms with van der Waals surface area (Å²) < 4.78 is 1.01. The third kappa shape index (κ3) is 4.36. The number of rotatable bonds is 2. The van der Waals surface area contributed by atoms with Crippen molar-refractivity contribution in [2.75, 3.05) is 18.5 Å². The van der Waals surface area contributed by atoms with Crippen LogP contribution in [0.5, 0.6) is 0 Å². The van der Waals surface area contributed by atoms with Crippen LogP contribution in [0.1, 0.15) is 6.92 Å². The van der Waals surface area contributed by atoms with E-state index in [1.165, 1.54) is 0 Å². The summed E-state index contributed by atoms with van der Waals surface area (Å²) in [6, 6.07) is 0. The van der Waals surface area contributed by atoms with Crippen molar-refractivity contribution < 1.29 is 0 Å². The molecule has 0 saturated carbocycles. The first kappa shape index (κ1) is 8.20. The van der Waals surface area contributed by atoms with Crippen molar-refractivity contribution in [3.63, 3.8) is 0 Å². The summed E-state index contributed by atoms with van der Waals surface area (Å²) in [5.41, 5.74) is 1.16. The Balaban J connectivity index is 3.56. The molecule has 8 heavy (non-hydrogen) atoms. The van der Waals surface area contributed by atoms with Gasteiger partial charge in [0.1, 0.15) is 0 Å². The van der Waals surface area contributed by atoms with Gasteiger partial charge in [-0.2, -0.15) is 5.10 Å². The summed E-state index contributed by atoms with van der Waals surface area (Å²) >= 11 is 2.29. The van der Waals surface area contributed by atoms with E-state index >= 15 is 0 Å². The number of hydrogen-bond donors (Lipinski definition) is 0. The molecule has 0 aliphatic carbocycles. The molecule has 0 saturated heterocycles. The summed E-state index contributed by atoms with van der Waals surface area (Å²) in [6.45, 7) is 2.02. The van der Waals surface area contributed by atoms with Crippen LogP contribution < -0.4 is 0 Å². The highest BCUT2D eigenvalue weighted by Crippen LogP contribution is 1.86. The smallest absolute Gasteiger partial charge is 0.0446 e. The summed E-state index contributed by atoms with van der Waals surface area (Å²) in [7, 11) is 3.85. The maximum absolute atomic E-state index is 4.14. The van der Waals surface area contributed by atoms with E-state index in [4.69, 9.17) is 0 Å². The normalized spacial score (nSPS) is 11.8. The first-order chi connectivity index (χ1) is 3.66. The van der Waals surface area contributed by atoms with E-state index in [9.17, 15) is 0 Å². The van der Waals surface area contributed by atoms with Crippen molar-refractivity contribution in [3.8, 4) is 0 Å². The number of alkyl halides is 1. The molecule has 0 aliphatic rings. The van der Waals surface area contributed by atoms with Crippen LogP contribution in [0.4, 0.5) is 0 Å². The topological polar surface area (TPSA) is 15.6 Å². The molecular weight excluding hydrogens is 215 g/mol. The summed E-state index contributed by atoms with van der Waals surface area (Å²) in [4.78, 5) is 0. The van der Waals surface area contributed by atoms with Crippen LogP contribution >= 0.6 is 22.6 Å². The van der Waals surface area contributed by atoms with Gasteiger partial charge in [-0.25, -0.2) is 0 Å². The standard InChI is InChI=1S/C5H11IN2/c1-5(4-6)7-8(2)3/h4H2,1-3H3/b7-5+. The quantitative estimate of drug-likeness (QED) is 0.300. The minimum atomic E-state index is 1.01. The molecule has 0 aliphatic heterocycles. The molecule has 0 N–H and O–H groups in total. The van der Waals surface area contributed by atoms with E-state index in [0.717, 1.165) is 10.1 Å². The lowest BCUT2D eigenvalue weighted by Crippen LogP contribution is -2.06. The number of hydrogen-bond acceptors (Lipinski definition) is 2. The molecule has 0 heterocycles. The van der Waals surface area contributed by atoms with Gasteiger partial charge < -0.3 is 5.01 Å². The van der Waals surface area contributed by atoms with E-state index in [2.05, 4.69) is 27.7 Å². The predicted octanol–water partition coefficient (Wildman–Crippen LogP) is 1.36. The molecule has 0 fully saturated rings. The van der Waals surface area contributed by atoms with Crippen LogP contribution in [0, 0.1) is 0 Å². The maximum Gasteiger partial charge on any atom is 0.0446 e. The molecular formula is C5H11IN2. The van der Waals surface area contributed by atoms with Gasteiger partial charge in [0, 0.05) is 24.2 Å². The Morgan fingerprint density at radius 2 is 2.12 bits per heavy atom. The number of hydrazone groups is 1. The van der Waals surface area contributed by atoms with Crippen molar-refractivity contribution in [2.24, 2.45) is 5.10 Å². The largest absolute Gasteiger partial charge is 0.303 e. The van der Waals surface area contributed by atoms with Gasteiger partial charge in [-0.15, -0.1) is 0 Å².